The molecule has 0 saturated heterocycles. The average Bonchev–Trinajstić information content (AvgIpc) is 1.88. The van der Waals surface area contributed by atoms with Crippen LogP contribution in [0.1, 0.15) is 12.5 Å². The molecule has 0 radical (unpaired) electrons. The van der Waals surface area contributed by atoms with E-state index in [2.05, 4.69) is 0 Å². The zero-order valence-corrected chi connectivity index (χ0v) is 6.52. The van der Waals surface area contributed by atoms with Crippen molar-refractivity contribution < 1.29 is 5.41 Å². The number of nitrogens with two attached hydrogens (primary N) is 1. The van der Waals surface area contributed by atoms with Crippen LogP contribution in [0, 0.1) is 0 Å². The molecular formula is C8H9ClN+. The predicted molar refractivity (Wildman–Crippen MR) is 43.2 cm³/mol. The highest BCUT2D eigenvalue weighted by Gasteiger charge is 1.97. The second-order valence-corrected chi connectivity index (χ2v) is 2.63. The second kappa shape index (κ2) is 2.84. The lowest BCUT2D eigenvalue weighted by molar-refractivity contribution is -0.113. The highest BCUT2D eigenvalue weighted by Crippen LogP contribution is 2.08. The Morgan fingerprint density at radius 1 is 1.30 bits per heavy atom. The van der Waals surface area contributed by atoms with Crippen LogP contribution in [0.4, 0.5) is 0 Å². The fourth-order valence-electron chi connectivity index (χ4n) is 0.713. The maximum absolute atomic E-state index is 5.67. The minimum atomic E-state index is 0.741. The molecule has 0 unspecified atom stereocenters. The molecule has 1 aromatic carbocycles. The van der Waals surface area contributed by atoms with Crippen LogP contribution in [-0.2, 0) is 0 Å². The van der Waals surface area contributed by atoms with Gasteiger partial charge in [-0.25, -0.2) is 0 Å². The Kier molecular flexibility index (Phi) is 2.07. The van der Waals surface area contributed by atoms with E-state index in [1.807, 2.05) is 31.2 Å². The van der Waals surface area contributed by atoms with Crippen molar-refractivity contribution in [3.63, 3.8) is 0 Å². The van der Waals surface area contributed by atoms with Crippen molar-refractivity contribution in [1.82, 2.24) is 0 Å². The lowest BCUT2D eigenvalue weighted by Gasteiger charge is -1.91. The lowest BCUT2D eigenvalue weighted by Crippen LogP contribution is -2.37. The molecule has 52 valence electrons. The standard InChI is InChI=1S/C8H8ClN/c1-6(10)7-2-4-8(9)5-3-7/h2-5,10H,1H3/p+1. The summed E-state index contributed by atoms with van der Waals surface area (Å²) < 4.78 is 0. The van der Waals surface area contributed by atoms with Crippen LogP contribution in [0.25, 0.3) is 0 Å². The third-order valence-electron chi connectivity index (χ3n) is 1.30. The zero-order valence-electron chi connectivity index (χ0n) is 5.76. The van der Waals surface area contributed by atoms with E-state index in [0.29, 0.717) is 0 Å². The summed E-state index contributed by atoms with van der Waals surface area (Å²) in [7, 11) is 0. The smallest absolute Gasteiger partial charge is 0.176 e. The first kappa shape index (κ1) is 7.29. The van der Waals surface area contributed by atoms with Gasteiger partial charge in [-0.15, -0.1) is 0 Å². The van der Waals surface area contributed by atoms with E-state index in [0.717, 1.165) is 16.3 Å². The molecule has 0 fully saturated rings. The summed E-state index contributed by atoms with van der Waals surface area (Å²) in [5.41, 5.74) is 1.85. The van der Waals surface area contributed by atoms with Crippen molar-refractivity contribution in [3.05, 3.63) is 34.9 Å². The van der Waals surface area contributed by atoms with Gasteiger partial charge < -0.3 is 0 Å². The van der Waals surface area contributed by atoms with Crippen LogP contribution in [-0.4, -0.2) is 5.71 Å². The van der Waals surface area contributed by atoms with E-state index in [4.69, 9.17) is 17.0 Å². The maximum Gasteiger partial charge on any atom is 0.176 e. The van der Waals surface area contributed by atoms with E-state index in [-0.39, 0.29) is 0 Å². The normalized spacial score (nSPS) is 9.40. The molecule has 0 spiro atoms. The number of hydrogen-bond acceptors (Lipinski definition) is 0. The molecule has 2 N–H and O–H groups in total. The molecule has 1 aromatic rings. The number of rotatable bonds is 1. The first-order chi connectivity index (χ1) is 4.70. The Morgan fingerprint density at radius 2 is 1.80 bits per heavy atom. The predicted octanol–water partition coefficient (Wildman–Crippen LogP) is 0.908. The van der Waals surface area contributed by atoms with Gasteiger partial charge in [0.2, 0.25) is 0 Å². The zero-order chi connectivity index (χ0) is 7.56. The van der Waals surface area contributed by atoms with Crippen LogP contribution in [0.5, 0.6) is 0 Å². The summed E-state index contributed by atoms with van der Waals surface area (Å²) in [6.45, 7) is 1.86. The third kappa shape index (κ3) is 1.58. The van der Waals surface area contributed by atoms with Crippen molar-refractivity contribution in [2.45, 2.75) is 6.92 Å². The Bertz CT molecular complexity index is 238. The quantitative estimate of drug-likeness (QED) is 0.582. The van der Waals surface area contributed by atoms with Gasteiger partial charge in [0.1, 0.15) is 0 Å². The molecule has 0 heterocycles. The highest BCUT2D eigenvalue weighted by atomic mass is 35.5. The maximum atomic E-state index is 5.67. The van der Waals surface area contributed by atoms with Gasteiger partial charge in [-0.2, -0.15) is 0 Å². The summed E-state index contributed by atoms with van der Waals surface area (Å²) in [5.74, 6) is 0. The van der Waals surface area contributed by atoms with Crippen molar-refractivity contribution >= 4 is 17.3 Å². The lowest BCUT2D eigenvalue weighted by atomic mass is 10.1. The Hall–Kier alpha value is -0.820. The Balaban J connectivity index is 3.00. The van der Waals surface area contributed by atoms with Crippen LogP contribution in [0.3, 0.4) is 0 Å². The summed E-state index contributed by atoms with van der Waals surface area (Å²) in [6, 6.07) is 7.45. The van der Waals surface area contributed by atoms with Gasteiger partial charge in [-0.05, 0) is 24.3 Å². The van der Waals surface area contributed by atoms with Gasteiger partial charge >= 0.3 is 0 Å². The van der Waals surface area contributed by atoms with Crippen molar-refractivity contribution in [3.8, 4) is 0 Å². The fourth-order valence-corrected chi connectivity index (χ4v) is 0.839. The van der Waals surface area contributed by atoms with Gasteiger partial charge in [-0.3, -0.25) is 5.41 Å². The Labute approximate surface area is 65.1 Å². The molecule has 0 bridgehead atoms. The van der Waals surface area contributed by atoms with Crippen LogP contribution < -0.4 is 5.41 Å². The van der Waals surface area contributed by atoms with Gasteiger partial charge in [0.25, 0.3) is 0 Å². The van der Waals surface area contributed by atoms with E-state index in [1.54, 1.807) is 0 Å². The summed E-state index contributed by atoms with van der Waals surface area (Å²) >= 11 is 5.67. The van der Waals surface area contributed by atoms with E-state index in [9.17, 15) is 0 Å². The van der Waals surface area contributed by atoms with E-state index >= 15 is 0 Å². The highest BCUT2D eigenvalue weighted by molar-refractivity contribution is 6.30. The first-order valence-corrected chi connectivity index (χ1v) is 3.43. The average molecular weight is 155 g/mol. The van der Waals surface area contributed by atoms with Crippen LogP contribution in [0.2, 0.25) is 5.02 Å². The number of halogens is 1. The molecule has 0 atom stereocenters. The molecule has 0 aliphatic heterocycles. The molecule has 2 heteroatoms. The van der Waals surface area contributed by atoms with Gasteiger partial charge in [0.05, 0.1) is 0 Å². The van der Waals surface area contributed by atoms with Crippen LogP contribution >= 0.6 is 11.6 Å². The molecular weight excluding hydrogens is 146 g/mol. The summed E-state index contributed by atoms with van der Waals surface area (Å²) in [6.07, 6.45) is 0. The van der Waals surface area contributed by atoms with Crippen molar-refractivity contribution in [2.24, 2.45) is 0 Å². The van der Waals surface area contributed by atoms with Crippen molar-refractivity contribution in [2.75, 3.05) is 0 Å². The molecule has 1 nitrogen and oxygen atoms in total. The molecule has 10 heavy (non-hydrogen) atoms. The van der Waals surface area contributed by atoms with Gasteiger partial charge in [0.15, 0.2) is 5.71 Å². The molecule has 0 amide bonds. The van der Waals surface area contributed by atoms with E-state index < -0.39 is 0 Å². The Morgan fingerprint density at radius 3 is 2.20 bits per heavy atom. The number of benzene rings is 1. The van der Waals surface area contributed by atoms with Gasteiger partial charge in [-0.1, -0.05) is 11.6 Å². The monoisotopic (exact) mass is 154 g/mol. The molecule has 1 rings (SSSR count). The summed E-state index contributed by atoms with van der Waals surface area (Å²) in [4.78, 5) is 0. The molecule has 0 aliphatic carbocycles. The minimum Gasteiger partial charge on any atom is -0.258 e. The fraction of sp³-hybridized carbons (Fsp3) is 0.125. The molecule has 0 aromatic heterocycles. The van der Waals surface area contributed by atoms with E-state index in [1.165, 1.54) is 0 Å². The number of hydrogen-bond donors (Lipinski definition) is 1. The summed E-state index contributed by atoms with van der Waals surface area (Å²) in [5, 5.41) is 6.28. The topological polar surface area (TPSA) is 25.6 Å². The largest absolute Gasteiger partial charge is 0.258 e. The van der Waals surface area contributed by atoms with Crippen molar-refractivity contribution in [1.29, 1.82) is 0 Å². The SMILES string of the molecule is CC(=[NH2+])c1ccc(Cl)cc1. The second-order valence-electron chi connectivity index (χ2n) is 2.19. The minimum absolute atomic E-state index is 0.741. The van der Waals surface area contributed by atoms with Gasteiger partial charge in [0, 0.05) is 17.5 Å². The molecule has 0 saturated carbocycles. The first-order valence-electron chi connectivity index (χ1n) is 3.05. The molecule has 0 aliphatic rings. The third-order valence-corrected chi connectivity index (χ3v) is 1.55. The van der Waals surface area contributed by atoms with Crippen LogP contribution in [0.15, 0.2) is 24.3 Å².